The molecule has 27 heavy (non-hydrogen) atoms. The predicted octanol–water partition coefficient (Wildman–Crippen LogP) is 4.75. The molecule has 0 amide bonds. The zero-order valence-electron chi connectivity index (χ0n) is 16.1. The van der Waals surface area contributed by atoms with Crippen molar-refractivity contribution >= 4 is 0 Å². The van der Waals surface area contributed by atoms with E-state index in [4.69, 9.17) is 9.84 Å². The zero-order chi connectivity index (χ0) is 18.5. The van der Waals surface area contributed by atoms with Gasteiger partial charge < -0.3 is 14.7 Å². The smallest absolute Gasteiger partial charge is 0.115 e. The summed E-state index contributed by atoms with van der Waals surface area (Å²) in [5.41, 5.74) is 3.47. The lowest BCUT2D eigenvalue weighted by Crippen LogP contribution is -2.45. The fourth-order valence-electron chi connectivity index (χ4n) is 4.87. The fraction of sp³-hybridized carbons (Fsp3) is 0.500. The van der Waals surface area contributed by atoms with Crippen LogP contribution in [0.25, 0.3) is 0 Å². The van der Waals surface area contributed by atoms with Crippen LogP contribution in [0, 0.1) is 0 Å². The molecule has 0 saturated carbocycles. The molecule has 0 radical (unpaired) electrons. The number of aromatic hydroxyl groups is 1. The number of phenolic OH excluding ortho intramolecular Hbond substituents is 1. The summed E-state index contributed by atoms with van der Waals surface area (Å²) >= 11 is 0. The first-order chi connectivity index (χ1) is 13.2. The maximum absolute atomic E-state index is 8.63. The van der Waals surface area contributed by atoms with Crippen LogP contribution in [0.1, 0.15) is 49.1 Å². The average molecular weight is 366 g/mol. The minimum absolute atomic E-state index is 0.268. The number of para-hydroxylation sites is 1. The van der Waals surface area contributed by atoms with Crippen LogP contribution in [0.15, 0.2) is 54.6 Å². The van der Waals surface area contributed by atoms with E-state index in [2.05, 4.69) is 29.2 Å². The number of rotatable bonds is 2. The van der Waals surface area contributed by atoms with Crippen LogP contribution in [-0.4, -0.2) is 41.8 Å². The van der Waals surface area contributed by atoms with E-state index in [0.717, 1.165) is 12.5 Å². The van der Waals surface area contributed by atoms with Crippen LogP contribution in [0.2, 0.25) is 0 Å². The number of hydrogen-bond donors (Lipinski definition) is 1. The van der Waals surface area contributed by atoms with Crippen LogP contribution in [0.3, 0.4) is 0 Å². The number of ether oxygens (including phenoxy) is 1. The van der Waals surface area contributed by atoms with Gasteiger partial charge in [0.15, 0.2) is 0 Å². The van der Waals surface area contributed by atoms with E-state index in [9.17, 15) is 0 Å². The molecule has 2 saturated heterocycles. The number of benzene rings is 2. The summed E-state index contributed by atoms with van der Waals surface area (Å²) in [6.07, 6.45) is 7.70. The second kappa shape index (κ2) is 8.45. The zero-order valence-corrected chi connectivity index (χ0v) is 16.1. The number of hydrogen-bond acceptors (Lipinski definition) is 3. The second-order valence-electron chi connectivity index (χ2n) is 8.21. The largest absolute Gasteiger partial charge is 0.508 e. The first-order valence-corrected chi connectivity index (χ1v) is 10.4. The van der Waals surface area contributed by atoms with E-state index in [1.807, 2.05) is 6.07 Å². The third-order valence-corrected chi connectivity index (χ3v) is 6.44. The SMILES string of the molecule is Oc1ccccc1.c1ccc2c(c1)CCC2CN1CCC2(CCCO2)CC1. The molecule has 3 nitrogen and oxygen atoms in total. The average Bonchev–Trinajstić information content (AvgIpc) is 3.33. The molecule has 3 aliphatic rings. The highest BCUT2D eigenvalue weighted by molar-refractivity contribution is 5.35. The summed E-state index contributed by atoms with van der Waals surface area (Å²) in [5.74, 6) is 1.09. The Bertz CT molecular complexity index is 714. The van der Waals surface area contributed by atoms with Crippen LogP contribution in [0.5, 0.6) is 5.75 Å². The normalized spacial score (nSPS) is 23.6. The van der Waals surface area contributed by atoms with Gasteiger partial charge >= 0.3 is 0 Å². The molecule has 1 aliphatic carbocycles. The maximum atomic E-state index is 8.63. The van der Waals surface area contributed by atoms with E-state index >= 15 is 0 Å². The second-order valence-corrected chi connectivity index (χ2v) is 8.21. The molecule has 144 valence electrons. The van der Waals surface area contributed by atoms with Crippen molar-refractivity contribution in [1.29, 1.82) is 0 Å². The van der Waals surface area contributed by atoms with Gasteiger partial charge in [-0.15, -0.1) is 0 Å². The highest BCUT2D eigenvalue weighted by Gasteiger charge is 2.38. The fourth-order valence-corrected chi connectivity index (χ4v) is 4.87. The van der Waals surface area contributed by atoms with Gasteiger partial charge in [0.25, 0.3) is 0 Å². The van der Waals surface area contributed by atoms with Crippen LogP contribution in [-0.2, 0) is 11.2 Å². The third kappa shape index (κ3) is 4.53. The Morgan fingerprint density at radius 1 is 0.963 bits per heavy atom. The Morgan fingerprint density at radius 3 is 2.37 bits per heavy atom. The number of phenols is 1. The molecule has 0 aromatic heterocycles. The molecule has 0 bridgehead atoms. The monoisotopic (exact) mass is 365 g/mol. The molecule has 3 heteroatoms. The van der Waals surface area contributed by atoms with Crippen molar-refractivity contribution < 1.29 is 9.84 Å². The number of piperidine rings is 1. The number of fused-ring (bicyclic) bond motifs is 1. The first kappa shape index (κ1) is 18.5. The van der Waals surface area contributed by atoms with Crippen LogP contribution in [0.4, 0.5) is 0 Å². The molecule has 2 aromatic carbocycles. The van der Waals surface area contributed by atoms with E-state index in [1.54, 1.807) is 35.4 Å². The standard InChI is InChI=1S/C18H25NO.C6H6O/c1-2-5-17-15(4-1)6-7-16(17)14-19-11-9-18(10-12-19)8-3-13-20-18;7-6-4-2-1-3-5-6/h1-2,4-5,16H,3,6-14H2;1-5,7H. The van der Waals surface area contributed by atoms with Crippen LogP contribution >= 0.6 is 0 Å². The number of nitrogens with zero attached hydrogens (tertiary/aromatic N) is 1. The Kier molecular flexibility index (Phi) is 5.80. The lowest BCUT2D eigenvalue weighted by Gasteiger charge is -2.39. The Morgan fingerprint density at radius 2 is 1.70 bits per heavy atom. The minimum atomic E-state index is 0.268. The van der Waals surface area contributed by atoms with Gasteiger partial charge in [0, 0.05) is 26.2 Å². The summed E-state index contributed by atoms with van der Waals surface area (Å²) in [7, 11) is 0. The quantitative estimate of drug-likeness (QED) is 0.833. The molecule has 2 heterocycles. The summed E-state index contributed by atoms with van der Waals surface area (Å²) in [6, 6.07) is 17.8. The molecule has 2 aromatic rings. The minimum Gasteiger partial charge on any atom is -0.508 e. The van der Waals surface area contributed by atoms with Gasteiger partial charge in [0.1, 0.15) is 5.75 Å². The van der Waals surface area contributed by atoms with E-state index in [-0.39, 0.29) is 5.60 Å². The predicted molar refractivity (Wildman–Crippen MR) is 109 cm³/mol. The van der Waals surface area contributed by atoms with Gasteiger partial charge in [-0.3, -0.25) is 0 Å². The summed E-state index contributed by atoms with van der Waals surface area (Å²) in [6.45, 7) is 4.72. The van der Waals surface area contributed by atoms with E-state index in [1.165, 1.54) is 58.2 Å². The lowest BCUT2D eigenvalue weighted by atomic mass is 9.88. The number of aryl methyl sites for hydroxylation is 1. The van der Waals surface area contributed by atoms with Crippen molar-refractivity contribution in [1.82, 2.24) is 4.90 Å². The summed E-state index contributed by atoms with van der Waals surface area (Å²) in [4.78, 5) is 2.68. The first-order valence-electron chi connectivity index (χ1n) is 10.4. The molecule has 2 fully saturated rings. The molecule has 1 spiro atoms. The molecule has 1 unspecified atom stereocenters. The van der Waals surface area contributed by atoms with Crippen molar-refractivity contribution in [3.8, 4) is 5.75 Å². The van der Waals surface area contributed by atoms with Gasteiger partial charge in [0.2, 0.25) is 0 Å². The van der Waals surface area contributed by atoms with E-state index < -0.39 is 0 Å². The Labute approximate surface area is 163 Å². The van der Waals surface area contributed by atoms with Crippen molar-refractivity contribution in [2.45, 2.75) is 50.0 Å². The highest BCUT2D eigenvalue weighted by atomic mass is 16.5. The van der Waals surface area contributed by atoms with Gasteiger partial charge in [-0.2, -0.15) is 0 Å². The molecule has 5 rings (SSSR count). The van der Waals surface area contributed by atoms with Gasteiger partial charge in [-0.05, 0) is 67.7 Å². The topological polar surface area (TPSA) is 32.7 Å². The molecular formula is C24H31NO2. The molecule has 1 N–H and O–H groups in total. The van der Waals surface area contributed by atoms with Gasteiger partial charge in [0.05, 0.1) is 5.60 Å². The van der Waals surface area contributed by atoms with Gasteiger partial charge in [-0.1, -0.05) is 42.5 Å². The molecule has 1 atom stereocenters. The van der Waals surface area contributed by atoms with Crippen molar-refractivity contribution in [2.24, 2.45) is 0 Å². The van der Waals surface area contributed by atoms with Crippen molar-refractivity contribution in [2.75, 3.05) is 26.2 Å². The Hall–Kier alpha value is -1.84. The van der Waals surface area contributed by atoms with Crippen molar-refractivity contribution in [3.05, 3.63) is 65.7 Å². The third-order valence-electron chi connectivity index (χ3n) is 6.44. The molecular weight excluding hydrogens is 334 g/mol. The maximum Gasteiger partial charge on any atom is 0.115 e. The summed E-state index contributed by atoms with van der Waals surface area (Å²) < 4.78 is 6.03. The molecule has 2 aliphatic heterocycles. The number of likely N-dealkylation sites (tertiary alicyclic amines) is 1. The lowest BCUT2D eigenvalue weighted by molar-refractivity contribution is -0.0441. The van der Waals surface area contributed by atoms with E-state index in [0.29, 0.717) is 5.75 Å². The van der Waals surface area contributed by atoms with Gasteiger partial charge in [-0.25, -0.2) is 0 Å². The Balaban J connectivity index is 0.000000218. The highest BCUT2D eigenvalue weighted by Crippen LogP contribution is 2.38. The summed E-state index contributed by atoms with van der Waals surface area (Å²) in [5, 5.41) is 8.63. The van der Waals surface area contributed by atoms with Crippen LogP contribution < -0.4 is 0 Å². The van der Waals surface area contributed by atoms with Crippen molar-refractivity contribution in [3.63, 3.8) is 0 Å².